The highest BCUT2D eigenvalue weighted by atomic mass is 32.1. The van der Waals surface area contributed by atoms with Gasteiger partial charge in [0.05, 0.1) is 12.1 Å². The number of carbonyl (C=O) groups excluding carboxylic acids is 2. The Bertz CT molecular complexity index is 617. The number of nitrogens with one attached hydrogen (secondary N) is 2. The minimum atomic E-state index is -0.237. The average molecular weight is 307 g/mol. The molecule has 2 N–H and O–H groups in total. The summed E-state index contributed by atoms with van der Waals surface area (Å²) in [6, 6.07) is 3.85. The van der Waals surface area contributed by atoms with Crippen LogP contribution >= 0.6 is 22.7 Å². The minimum absolute atomic E-state index is 0.106. The second-order valence-electron chi connectivity index (χ2n) is 3.83. The second kappa shape index (κ2) is 6.97. The maximum absolute atomic E-state index is 11.7. The van der Waals surface area contributed by atoms with E-state index in [-0.39, 0.29) is 18.2 Å². The summed E-state index contributed by atoms with van der Waals surface area (Å²) in [5.74, 6) is -0.343. The Hall–Kier alpha value is -1.99. The van der Waals surface area contributed by atoms with Gasteiger partial charge in [0.25, 0.3) is 0 Å². The van der Waals surface area contributed by atoms with Crippen LogP contribution in [0.3, 0.4) is 0 Å². The van der Waals surface area contributed by atoms with E-state index in [0.29, 0.717) is 10.8 Å². The highest BCUT2D eigenvalue weighted by Crippen LogP contribution is 2.16. The molecule has 2 heterocycles. The maximum Gasteiger partial charge on any atom is 0.250 e. The van der Waals surface area contributed by atoms with Gasteiger partial charge >= 0.3 is 0 Å². The van der Waals surface area contributed by atoms with Crippen LogP contribution < -0.4 is 10.6 Å². The topological polar surface area (TPSA) is 71.1 Å². The van der Waals surface area contributed by atoms with Gasteiger partial charge in [0.1, 0.15) is 0 Å². The van der Waals surface area contributed by atoms with E-state index in [1.54, 1.807) is 29.8 Å². The molecule has 7 heteroatoms. The number of aromatic nitrogens is 1. The van der Waals surface area contributed by atoms with Crippen LogP contribution in [-0.2, 0) is 16.0 Å². The minimum Gasteiger partial charge on any atom is -0.359 e. The van der Waals surface area contributed by atoms with Crippen molar-refractivity contribution in [3.63, 3.8) is 0 Å². The summed E-state index contributed by atoms with van der Waals surface area (Å²) in [6.45, 7) is 0. The molecule has 2 aromatic heterocycles. The molecule has 2 rings (SSSR count). The summed E-state index contributed by atoms with van der Waals surface area (Å²) in [5.41, 5.74) is 0.645. The first-order chi connectivity index (χ1) is 9.67. The fourth-order valence-corrected chi connectivity index (χ4v) is 2.72. The maximum atomic E-state index is 11.7. The molecule has 0 spiro atoms. The van der Waals surface area contributed by atoms with Gasteiger partial charge < -0.3 is 5.32 Å². The number of likely N-dealkylation sites (N-methyl/N-ethyl adjacent to an activating group) is 1. The van der Waals surface area contributed by atoms with Crippen LogP contribution in [0.25, 0.3) is 6.08 Å². The van der Waals surface area contributed by atoms with Gasteiger partial charge in [-0.15, -0.1) is 22.7 Å². The molecule has 0 aliphatic rings. The molecule has 0 unspecified atom stereocenters. The molecule has 0 bridgehead atoms. The number of carbonyl (C=O) groups is 2. The number of anilines is 1. The predicted octanol–water partition coefficient (Wildman–Crippen LogP) is 2.14. The van der Waals surface area contributed by atoms with Crippen molar-refractivity contribution in [3.05, 3.63) is 39.5 Å². The average Bonchev–Trinajstić information content (AvgIpc) is 3.08. The van der Waals surface area contributed by atoms with Crippen LogP contribution in [-0.4, -0.2) is 23.8 Å². The van der Waals surface area contributed by atoms with Crippen molar-refractivity contribution in [1.82, 2.24) is 10.3 Å². The zero-order valence-corrected chi connectivity index (χ0v) is 12.4. The van der Waals surface area contributed by atoms with Crippen molar-refractivity contribution < 1.29 is 9.59 Å². The molecule has 5 nitrogen and oxygen atoms in total. The molecule has 0 aromatic carbocycles. The Morgan fingerprint density at radius 1 is 1.40 bits per heavy atom. The first kappa shape index (κ1) is 14.4. The smallest absolute Gasteiger partial charge is 0.250 e. The van der Waals surface area contributed by atoms with E-state index in [2.05, 4.69) is 15.6 Å². The van der Waals surface area contributed by atoms with E-state index in [9.17, 15) is 9.59 Å². The third-order valence-electron chi connectivity index (χ3n) is 2.34. The van der Waals surface area contributed by atoms with E-state index < -0.39 is 0 Å². The van der Waals surface area contributed by atoms with Gasteiger partial charge in [-0.25, -0.2) is 4.98 Å². The lowest BCUT2D eigenvalue weighted by Crippen LogP contribution is -2.20. The van der Waals surface area contributed by atoms with Crippen molar-refractivity contribution in [2.75, 3.05) is 12.4 Å². The van der Waals surface area contributed by atoms with Gasteiger partial charge in [0.2, 0.25) is 11.8 Å². The molecular formula is C13H13N3O2S2. The quantitative estimate of drug-likeness (QED) is 0.831. The van der Waals surface area contributed by atoms with Gasteiger partial charge in [-0.1, -0.05) is 6.07 Å². The molecule has 0 saturated carbocycles. The molecule has 0 atom stereocenters. The number of amides is 2. The Kier molecular flexibility index (Phi) is 5.03. The lowest BCUT2D eigenvalue weighted by atomic mass is 10.3. The van der Waals surface area contributed by atoms with Crippen molar-refractivity contribution >= 4 is 45.7 Å². The van der Waals surface area contributed by atoms with Crippen LogP contribution in [0.15, 0.2) is 29.0 Å². The summed E-state index contributed by atoms with van der Waals surface area (Å²) in [4.78, 5) is 28.1. The van der Waals surface area contributed by atoms with E-state index in [4.69, 9.17) is 0 Å². The zero-order valence-electron chi connectivity index (χ0n) is 10.8. The molecule has 0 fully saturated rings. The number of nitrogens with zero attached hydrogens (tertiary/aromatic N) is 1. The molecule has 20 heavy (non-hydrogen) atoms. The molecule has 104 valence electrons. The number of hydrogen-bond acceptors (Lipinski definition) is 5. The SMILES string of the molecule is CNC(=O)Cc1csc(NC(=O)C=Cc2cccs2)n1. The molecule has 0 aliphatic heterocycles. The molecule has 0 saturated heterocycles. The highest BCUT2D eigenvalue weighted by Gasteiger charge is 2.07. The van der Waals surface area contributed by atoms with E-state index in [1.165, 1.54) is 17.4 Å². The van der Waals surface area contributed by atoms with Gasteiger partial charge in [-0.05, 0) is 17.5 Å². The van der Waals surface area contributed by atoms with E-state index in [0.717, 1.165) is 4.88 Å². The Morgan fingerprint density at radius 3 is 2.95 bits per heavy atom. The third-order valence-corrected chi connectivity index (χ3v) is 3.99. The van der Waals surface area contributed by atoms with Crippen molar-refractivity contribution in [2.24, 2.45) is 0 Å². The number of rotatable bonds is 5. The fourth-order valence-electron chi connectivity index (χ4n) is 1.39. The summed E-state index contributed by atoms with van der Waals surface area (Å²) in [6.07, 6.45) is 3.43. The van der Waals surface area contributed by atoms with E-state index >= 15 is 0 Å². The molecule has 2 amide bonds. The fraction of sp³-hybridized carbons (Fsp3) is 0.154. The van der Waals surface area contributed by atoms with Crippen LogP contribution in [0.1, 0.15) is 10.6 Å². The van der Waals surface area contributed by atoms with E-state index in [1.807, 2.05) is 17.5 Å². The Morgan fingerprint density at radius 2 is 2.25 bits per heavy atom. The second-order valence-corrected chi connectivity index (χ2v) is 5.67. The molecule has 2 aromatic rings. The van der Waals surface area contributed by atoms with Gasteiger partial charge in [0, 0.05) is 23.4 Å². The largest absolute Gasteiger partial charge is 0.359 e. The Labute approximate surface area is 124 Å². The monoisotopic (exact) mass is 307 g/mol. The van der Waals surface area contributed by atoms with Crippen molar-refractivity contribution in [2.45, 2.75) is 6.42 Å². The van der Waals surface area contributed by atoms with Crippen molar-refractivity contribution in [3.8, 4) is 0 Å². The summed E-state index contributed by atoms with van der Waals surface area (Å²) in [7, 11) is 1.58. The van der Waals surface area contributed by atoms with Gasteiger partial charge in [-0.2, -0.15) is 0 Å². The number of thiazole rings is 1. The molecular weight excluding hydrogens is 294 g/mol. The third kappa shape index (κ3) is 4.29. The first-order valence-corrected chi connectivity index (χ1v) is 7.61. The Balaban J connectivity index is 1.90. The van der Waals surface area contributed by atoms with Gasteiger partial charge in [0.15, 0.2) is 5.13 Å². The standard InChI is InChI=1S/C13H13N3O2S2/c1-14-12(18)7-9-8-20-13(15-9)16-11(17)5-4-10-3-2-6-19-10/h2-6,8H,7H2,1H3,(H,14,18)(H,15,16,17). The van der Waals surface area contributed by atoms with Crippen LogP contribution in [0.4, 0.5) is 5.13 Å². The summed E-state index contributed by atoms with van der Waals surface area (Å²) >= 11 is 2.86. The number of hydrogen-bond donors (Lipinski definition) is 2. The highest BCUT2D eigenvalue weighted by molar-refractivity contribution is 7.14. The van der Waals surface area contributed by atoms with Gasteiger partial charge in [-0.3, -0.25) is 14.9 Å². The van der Waals surface area contributed by atoms with Crippen LogP contribution in [0.5, 0.6) is 0 Å². The van der Waals surface area contributed by atoms with Crippen LogP contribution in [0.2, 0.25) is 0 Å². The number of thiophene rings is 1. The summed E-state index contributed by atoms with van der Waals surface area (Å²) < 4.78 is 0. The summed E-state index contributed by atoms with van der Waals surface area (Å²) in [5, 5.41) is 9.39. The molecule has 0 radical (unpaired) electrons. The zero-order chi connectivity index (χ0) is 14.4. The lowest BCUT2D eigenvalue weighted by molar-refractivity contribution is -0.120. The molecule has 0 aliphatic carbocycles. The first-order valence-electron chi connectivity index (χ1n) is 5.85. The van der Waals surface area contributed by atoms with Crippen molar-refractivity contribution in [1.29, 1.82) is 0 Å². The van der Waals surface area contributed by atoms with Crippen LogP contribution in [0, 0.1) is 0 Å². The lowest BCUT2D eigenvalue weighted by Gasteiger charge is -1.96. The normalized spacial score (nSPS) is 10.7. The predicted molar refractivity (Wildman–Crippen MR) is 81.9 cm³/mol.